The molecular formula is C32H38N2O4. The minimum absolute atomic E-state index is 0.0187. The summed E-state index contributed by atoms with van der Waals surface area (Å²) in [6.07, 6.45) is 5.40. The number of hydrogen-bond donors (Lipinski definition) is 1. The third-order valence-corrected chi connectivity index (χ3v) is 7.72. The molecule has 0 aliphatic heterocycles. The number of Topliss-reactive ketones (excluding diaryl/α,β-unsaturated/α-hetero) is 1. The molecule has 2 aromatic carbocycles. The summed E-state index contributed by atoms with van der Waals surface area (Å²) in [5.74, 6) is 1.89. The highest BCUT2D eigenvalue weighted by atomic mass is 16.6. The van der Waals surface area contributed by atoms with Crippen molar-refractivity contribution in [3.05, 3.63) is 71.0 Å². The van der Waals surface area contributed by atoms with Crippen LogP contribution < -0.4 is 10.1 Å². The zero-order valence-electron chi connectivity index (χ0n) is 22.9. The number of alkyl carbamates (subject to hydrolysis) is 1. The van der Waals surface area contributed by atoms with E-state index in [0.717, 1.165) is 55.2 Å². The highest BCUT2D eigenvalue weighted by Gasteiger charge is 2.34. The van der Waals surface area contributed by atoms with Crippen LogP contribution in [0.1, 0.15) is 98.4 Å². The van der Waals surface area contributed by atoms with Crippen LogP contribution in [-0.4, -0.2) is 29.6 Å². The molecule has 2 saturated carbocycles. The molecule has 5 rings (SSSR count). The van der Waals surface area contributed by atoms with Gasteiger partial charge in [0.25, 0.3) is 0 Å². The van der Waals surface area contributed by atoms with Crippen molar-refractivity contribution in [1.82, 2.24) is 10.3 Å². The Bertz CT molecular complexity index is 1330. The highest BCUT2D eigenvalue weighted by Crippen LogP contribution is 2.44. The molecule has 2 aliphatic carbocycles. The van der Waals surface area contributed by atoms with Crippen LogP contribution in [0.3, 0.4) is 0 Å². The van der Waals surface area contributed by atoms with Crippen LogP contribution in [0.25, 0.3) is 10.8 Å². The second-order valence-electron chi connectivity index (χ2n) is 11.7. The number of rotatable bonds is 7. The number of methoxy groups -OCH3 is 1. The van der Waals surface area contributed by atoms with Gasteiger partial charge in [-0.15, -0.1) is 0 Å². The number of benzene rings is 2. The molecule has 3 aromatic rings. The summed E-state index contributed by atoms with van der Waals surface area (Å²) in [5.41, 5.74) is 3.14. The van der Waals surface area contributed by atoms with Crippen molar-refractivity contribution in [1.29, 1.82) is 0 Å². The lowest BCUT2D eigenvalue weighted by Gasteiger charge is -2.29. The molecule has 38 heavy (non-hydrogen) atoms. The van der Waals surface area contributed by atoms with Gasteiger partial charge >= 0.3 is 6.09 Å². The van der Waals surface area contributed by atoms with E-state index in [1.54, 1.807) is 7.11 Å². The molecule has 0 unspecified atom stereocenters. The van der Waals surface area contributed by atoms with E-state index in [0.29, 0.717) is 23.2 Å². The maximum Gasteiger partial charge on any atom is 0.407 e. The number of amides is 1. The Morgan fingerprint density at radius 2 is 1.50 bits per heavy atom. The number of hydrogen-bond acceptors (Lipinski definition) is 5. The van der Waals surface area contributed by atoms with E-state index in [9.17, 15) is 9.59 Å². The number of nitrogens with one attached hydrogen (secondary N) is 1. The van der Waals surface area contributed by atoms with Crippen LogP contribution in [0.15, 0.2) is 48.5 Å². The van der Waals surface area contributed by atoms with Gasteiger partial charge in [-0.3, -0.25) is 4.79 Å². The largest absolute Gasteiger partial charge is 0.496 e. The number of carbonyl (C=O) groups is 2. The van der Waals surface area contributed by atoms with E-state index in [-0.39, 0.29) is 18.2 Å². The Morgan fingerprint density at radius 3 is 2.16 bits per heavy atom. The molecule has 0 bridgehead atoms. The monoisotopic (exact) mass is 514 g/mol. The van der Waals surface area contributed by atoms with Gasteiger partial charge in [-0.2, -0.15) is 0 Å². The maximum atomic E-state index is 13.8. The van der Waals surface area contributed by atoms with E-state index < -0.39 is 11.7 Å². The van der Waals surface area contributed by atoms with E-state index >= 15 is 0 Å². The highest BCUT2D eigenvalue weighted by molar-refractivity contribution is 5.98. The lowest BCUT2D eigenvalue weighted by Crippen LogP contribution is -2.32. The molecule has 1 N–H and O–H groups in total. The standard InChI is InChI=1S/C32H38N2O4/c1-32(2,3)38-31(36)33-19-23-15-16-25(21-9-10-21)29(34-23)30(35)22-13-11-20(12-14-22)24-17-18-28(37-4)27-8-6-5-7-26(24)27/h5-8,15-18,20-22H,9-14,19H2,1-4H3,(H,33,36). The topological polar surface area (TPSA) is 77.5 Å². The Kier molecular flexibility index (Phi) is 7.42. The summed E-state index contributed by atoms with van der Waals surface area (Å²) in [7, 11) is 1.71. The average Bonchev–Trinajstić information content (AvgIpc) is 3.75. The number of aromatic nitrogens is 1. The van der Waals surface area contributed by atoms with E-state index in [2.05, 4.69) is 35.6 Å². The predicted octanol–water partition coefficient (Wildman–Crippen LogP) is 7.30. The summed E-state index contributed by atoms with van der Waals surface area (Å²) >= 11 is 0. The van der Waals surface area contributed by atoms with Crippen molar-refractivity contribution in [2.24, 2.45) is 5.92 Å². The van der Waals surface area contributed by atoms with Gasteiger partial charge in [-0.1, -0.05) is 36.4 Å². The number of ether oxygens (including phenoxy) is 2. The molecular weight excluding hydrogens is 476 g/mol. The summed E-state index contributed by atoms with van der Waals surface area (Å²) in [6.45, 7) is 5.73. The molecule has 200 valence electrons. The second kappa shape index (κ2) is 10.8. The smallest absolute Gasteiger partial charge is 0.407 e. The number of nitrogens with zero attached hydrogens (tertiary/aromatic N) is 1. The summed E-state index contributed by atoms with van der Waals surface area (Å²) in [4.78, 5) is 30.7. The van der Waals surface area contributed by atoms with Crippen molar-refractivity contribution in [2.75, 3.05) is 7.11 Å². The van der Waals surface area contributed by atoms with Gasteiger partial charge in [-0.05, 0) is 99.8 Å². The maximum absolute atomic E-state index is 13.8. The SMILES string of the molecule is COc1ccc(C2CCC(C(=O)c3nc(CNC(=O)OC(C)(C)C)ccc3C3CC3)CC2)c2ccccc12. The number of pyridine rings is 1. The molecule has 6 heteroatoms. The first-order valence-corrected chi connectivity index (χ1v) is 13.8. The summed E-state index contributed by atoms with van der Waals surface area (Å²) in [5, 5.41) is 5.15. The minimum atomic E-state index is -0.564. The van der Waals surface area contributed by atoms with Crippen LogP contribution in [0.5, 0.6) is 5.75 Å². The molecule has 6 nitrogen and oxygen atoms in total. The van der Waals surface area contributed by atoms with E-state index in [4.69, 9.17) is 14.5 Å². The van der Waals surface area contributed by atoms with Crippen molar-refractivity contribution in [2.45, 2.75) is 83.3 Å². The first-order valence-electron chi connectivity index (χ1n) is 13.8. The predicted molar refractivity (Wildman–Crippen MR) is 149 cm³/mol. The quantitative estimate of drug-likeness (QED) is 0.335. The summed E-state index contributed by atoms with van der Waals surface area (Å²) < 4.78 is 10.9. The fourth-order valence-corrected chi connectivity index (χ4v) is 5.70. The molecule has 1 aromatic heterocycles. The van der Waals surface area contributed by atoms with Gasteiger partial charge in [0.1, 0.15) is 17.0 Å². The zero-order chi connectivity index (χ0) is 26.9. The average molecular weight is 515 g/mol. The molecule has 0 spiro atoms. The number of carbonyl (C=O) groups excluding carboxylic acids is 2. The Balaban J connectivity index is 1.29. The van der Waals surface area contributed by atoms with Crippen LogP contribution in [0.4, 0.5) is 4.79 Å². The fourth-order valence-electron chi connectivity index (χ4n) is 5.70. The van der Waals surface area contributed by atoms with Crippen molar-refractivity contribution in [3.63, 3.8) is 0 Å². The van der Waals surface area contributed by atoms with Crippen LogP contribution in [0.2, 0.25) is 0 Å². The third kappa shape index (κ3) is 5.85. The van der Waals surface area contributed by atoms with E-state index in [1.165, 1.54) is 10.9 Å². The van der Waals surface area contributed by atoms with E-state index in [1.807, 2.05) is 39.0 Å². The third-order valence-electron chi connectivity index (χ3n) is 7.72. The van der Waals surface area contributed by atoms with Gasteiger partial charge in [0, 0.05) is 11.3 Å². The summed E-state index contributed by atoms with van der Waals surface area (Å²) in [6, 6.07) is 16.6. The van der Waals surface area contributed by atoms with Gasteiger partial charge < -0.3 is 14.8 Å². The molecule has 1 amide bonds. The first-order chi connectivity index (χ1) is 18.2. The van der Waals surface area contributed by atoms with Gasteiger partial charge in [0.15, 0.2) is 5.78 Å². The van der Waals surface area contributed by atoms with Crippen LogP contribution in [-0.2, 0) is 11.3 Å². The second-order valence-corrected chi connectivity index (χ2v) is 11.7. The first kappa shape index (κ1) is 26.2. The van der Waals surface area contributed by atoms with Gasteiger partial charge in [-0.25, -0.2) is 9.78 Å². The Labute approximate surface area is 225 Å². The van der Waals surface area contributed by atoms with Gasteiger partial charge in [0.2, 0.25) is 0 Å². The lowest BCUT2D eigenvalue weighted by atomic mass is 9.75. The lowest BCUT2D eigenvalue weighted by molar-refractivity contribution is 0.0523. The van der Waals surface area contributed by atoms with Crippen LogP contribution in [0, 0.1) is 5.92 Å². The molecule has 0 atom stereocenters. The van der Waals surface area contributed by atoms with Crippen LogP contribution >= 0.6 is 0 Å². The van der Waals surface area contributed by atoms with Crippen molar-refractivity contribution < 1.29 is 19.1 Å². The zero-order valence-corrected chi connectivity index (χ0v) is 22.9. The molecule has 2 fully saturated rings. The van der Waals surface area contributed by atoms with Crippen molar-refractivity contribution >= 4 is 22.6 Å². The Hall–Kier alpha value is -3.41. The number of ketones is 1. The molecule has 0 saturated heterocycles. The molecule has 2 aliphatic rings. The van der Waals surface area contributed by atoms with Gasteiger partial charge in [0.05, 0.1) is 19.3 Å². The fraction of sp³-hybridized carbons (Fsp3) is 0.469. The van der Waals surface area contributed by atoms with Crippen molar-refractivity contribution in [3.8, 4) is 5.75 Å². The number of fused-ring (bicyclic) bond motifs is 1. The normalized spacial score (nSPS) is 19.7. The minimum Gasteiger partial charge on any atom is -0.496 e. The Morgan fingerprint density at radius 1 is 0.868 bits per heavy atom. The molecule has 1 heterocycles. The molecule has 0 radical (unpaired) electrons.